The van der Waals surface area contributed by atoms with E-state index in [4.69, 9.17) is 18.0 Å². The molecule has 0 aliphatic rings. The van der Waals surface area contributed by atoms with Crippen molar-refractivity contribution in [1.82, 2.24) is 9.88 Å². The van der Waals surface area contributed by atoms with E-state index in [1.54, 1.807) is 17.3 Å². The van der Waals surface area contributed by atoms with Gasteiger partial charge in [0.25, 0.3) is 0 Å². The van der Waals surface area contributed by atoms with Crippen LogP contribution in [0, 0.1) is 5.41 Å². The van der Waals surface area contributed by atoms with Crippen LogP contribution >= 0.6 is 12.2 Å². The standard InChI is InChI=1S/C14H21N3OS/c1-14(2,3)13(18)17(8-6-12(15)19)10-11-5-4-7-16-9-11/h4-5,7,9H,6,8,10H2,1-3H3,(H2,15,19). The molecule has 0 radical (unpaired) electrons. The van der Waals surface area contributed by atoms with Gasteiger partial charge in [0, 0.05) is 37.3 Å². The largest absolute Gasteiger partial charge is 0.393 e. The van der Waals surface area contributed by atoms with Gasteiger partial charge in [0.1, 0.15) is 0 Å². The van der Waals surface area contributed by atoms with Crippen molar-refractivity contribution in [3.05, 3.63) is 30.1 Å². The molecular formula is C14H21N3OS. The third kappa shape index (κ3) is 5.34. The summed E-state index contributed by atoms with van der Waals surface area (Å²) in [6.07, 6.45) is 4.02. The molecule has 104 valence electrons. The van der Waals surface area contributed by atoms with Crippen molar-refractivity contribution in [2.24, 2.45) is 11.1 Å². The molecule has 0 unspecified atom stereocenters. The summed E-state index contributed by atoms with van der Waals surface area (Å²) < 4.78 is 0. The summed E-state index contributed by atoms with van der Waals surface area (Å²) >= 11 is 4.89. The van der Waals surface area contributed by atoms with E-state index in [9.17, 15) is 4.79 Å². The number of rotatable bonds is 5. The quantitative estimate of drug-likeness (QED) is 0.839. The van der Waals surface area contributed by atoms with Gasteiger partial charge in [-0.15, -0.1) is 0 Å². The Bertz CT molecular complexity index is 440. The highest BCUT2D eigenvalue weighted by molar-refractivity contribution is 7.80. The van der Waals surface area contributed by atoms with E-state index in [1.807, 2.05) is 32.9 Å². The second kappa shape index (κ2) is 6.61. The van der Waals surface area contributed by atoms with Crippen molar-refractivity contribution in [3.8, 4) is 0 Å². The molecule has 0 saturated heterocycles. The maximum Gasteiger partial charge on any atom is 0.228 e. The Labute approximate surface area is 120 Å². The molecule has 2 N–H and O–H groups in total. The molecule has 1 rings (SSSR count). The fraction of sp³-hybridized carbons (Fsp3) is 0.500. The zero-order valence-corrected chi connectivity index (χ0v) is 12.5. The number of carbonyl (C=O) groups excluding carboxylic acids is 1. The number of nitrogens with two attached hydrogens (primary N) is 1. The van der Waals surface area contributed by atoms with Crippen LogP contribution in [-0.4, -0.2) is 27.3 Å². The molecule has 1 amide bonds. The predicted molar refractivity (Wildman–Crippen MR) is 80.5 cm³/mol. The molecule has 0 bridgehead atoms. The molecular weight excluding hydrogens is 258 g/mol. The van der Waals surface area contributed by atoms with Crippen LogP contribution in [0.5, 0.6) is 0 Å². The molecule has 1 aromatic heterocycles. The first-order chi connectivity index (χ1) is 8.80. The Kier molecular flexibility index (Phi) is 5.42. The summed E-state index contributed by atoms with van der Waals surface area (Å²) in [4.78, 5) is 18.7. The van der Waals surface area contributed by atoms with Crippen molar-refractivity contribution in [2.45, 2.75) is 33.7 Å². The maximum absolute atomic E-state index is 12.4. The van der Waals surface area contributed by atoms with Crippen molar-refractivity contribution in [1.29, 1.82) is 0 Å². The Morgan fingerprint density at radius 3 is 2.63 bits per heavy atom. The summed E-state index contributed by atoms with van der Waals surface area (Å²) in [5.41, 5.74) is 6.11. The second-order valence-corrected chi connectivity index (χ2v) is 6.08. The van der Waals surface area contributed by atoms with E-state index in [0.29, 0.717) is 24.5 Å². The van der Waals surface area contributed by atoms with Crippen LogP contribution in [0.15, 0.2) is 24.5 Å². The number of pyridine rings is 1. The molecule has 0 atom stereocenters. The molecule has 1 heterocycles. The van der Waals surface area contributed by atoms with Gasteiger partial charge >= 0.3 is 0 Å². The Balaban J connectivity index is 2.80. The second-order valence-electron chi connectivity index (χ2n) is 5.55. The minimum Gasteiger partial charge on any atom is -0.393 e. The Hall–Kier alpha value is -1.49. The first-order valence-corrected chi connectivity index (χ1v) is 6.68. The van der Waals surface area contributed by atoms with E-state index in [-0.39, 0.29) is 5.91 Å². The number of thiocarbonyl (C=S) groups is 1. The third-order valence-electron chi connectivity index (χ3n) is 2.65. The van der Waals surface area contributed by atoms with E-state index in [0.717, 1.165) is 5.56 Å². The summed E-state index contributed by atoms with van der Waals surface area (Å²) in [6, 6.07) is 3.82. The lowest BCUT2D eigenvalue weighted by Gasteiger charge is -2.29. The van der Waals surface area contributed by atoms with Crippen molar-refractivity contribution in [2.75, 3.05) is 6.54 Å². The number of aromatic nitrogens is 1. The van der Waals surface area contributed by atoms with E-state index in [1.165, 1.54) is 0 Å². The van der Waals surface area contributed by atoms with Gasteiger partial charge in [0.05, 0.1) is 4.99 Å². The lowest BCUT2D eigenvalue weighted by Crippen LogP contribution is -2.40. The van der Waals surface area contributed by atoms with Gasteiger partial charge in [-0.25, -0.2) is 0 Å². The monoisotopic (exact) mass is 279 g/mol. The SMILES string of the molecule is CC(C)(C)C(=O)N(CCC(N)=S)Cc1cccnc1. The predicted octanol–water partition coefficient (Wildman–Crippen LogP) is 2.13. The van der Waals surface area contributed by atoms with Gasteiger partial charge in [-0.1, -0.05) is 39.1 Å². The minimum atomic E-state index is -0.418. The fourth-order valence-corrected chi connectivity index (χ4v) is 1.78. The Morgan fingerprint density at radius 2 is 2.16 bits per heavy atom. The van der Waals surface area contributed by atoms with Gasteiger partial charge in [0.15, 0.2) is 0 Å². The smallest absolute Gasteiger partial charge is 0.228 e. The van der Waals surface area contributed by atoms with E-state index in [2.05, 4.69) is 4.98 Å². The van der Waals surface area contributed by atoms with Crippen LogP contribution in [0.4, 0.5) is 0 Å². The average molecular weight is 279 g/mol. The summed E-state index contributed by atoms with van der Waals surface area (Å²) in [5, 5.41) is 0. The van der Waals surface area contributed by atoms with Gasteiger partial charge in [0.2, 0.25) is 5.91 Å². The molecule has 0 aromatic carbocycles. The molecule has 0 spiro atoms. The number of hydrogen-bond acceptors (Lipinski definition) is 3. The highest BCUT2D eigenvalue weighted by Gasteiger charge is 2.27. The van der Waals surface area contributed by atoms with Gasteiger partial charge in [-0.2, -0.15) is 0 Å². The highest BCUT2D eigenvalue weighted by atomic mass is 32.1. The molecule has 4 nitrogen and oxygen atoms in total. The van der Waals surface area contributed by atoms with Crippen LogP contribution in [0.3, 0.4) is 0 Å². The van der Waals surface area contributed by atoms with E-state index < -0.39 is 5.41 Å². The molecule has 0 saturated carbocycles. The molecule has 0 aliphatic carbocycles. The summed E-state index contributed by atoms with van der Waals surface area (Å²) in [5.74, 6) is 0.0904. The van der Waals surface area contributed by atoms with Crippen LogP contribution < -0.4 is 5.73 Å². The highest BCUT2D eigenvalue weighted by Crippen LogP contribution is 2.19. The van der Waals surface area contributed by atoms with Crippen LogP contribution in [0.1, 0.15) is 32.8 Å². The lowest BCUT2D eigenvalue weighted by atomic mass is 9.94. The molecule has 19 heavy (non-hydrogen) atoms. The van der Waals surface area contributed by atoms with Crippen molar-refractivity contribution >= 4 is 23.1 Å². The lowest BCUT2D eigenvalue weighted by molar-refractivity contribution is -0.140. The number of hydrogen-bond donors (Lipinski definition) is 1. The first-order valence-electron chi connectivity index (χ1n) is 6.27. The van der Waals surface area contributed by atoms with Crippen LogP contribution in [-0.2, 0) is 11.3 Å². The topological polar surface area (TPSA) is 59.2 Å². The van der Waals surface area contributed by atoms with Crippen molar-refractivity contribution < 1.29 is 4.79 Å². The summed E-state index contributed by atoms with van der Waals surface area (Å²) in [7, 11) is 0. The van der Waals surface area contributed by atoms with Crippen molar-refractivity contribution in [3.63, 3.8) is 0 Å². The molecule has 5 heteroatoms. The molecule has 0 aliphatic heterocycles. The number of carbonyl (C=O) groups is 1. The van der Waals surface area contributed by atoms with E-state index >= 15 is 0 Å². The Morgan fingerprint density at radius 1 is 1.47 bits per heavy atom. The fourth-order valence-electron chi connectivity index (χ4n) is 1.68. The number of nitrogens with zero attached hydrogens (tertiary/aromatic N) is 2. The van der Waals surface area contributed by atoms with Crippen LogP contribution in [0.2, 0.25) is 0 Å². The zero-order valence-electron chi connectivity index (χ0n) is 11.7. The number of amides is 1. The van der Waals surface area contributed by atoms with Crippen LogP contribution in [0.25, 0.3) is 0 Å². The molecule has 1 aromatic rings. The minimum absolute atomic E-state index is 0.0904. The third-order valence-corrected chi connectivity index (χ3v) is 2.86. The van der Waals surface area contributed by atoms with Gasteiger partial charge in [-0.05, 0) is 11.6 Å². The first kappa shape index (κ1) is 15.6. The summed E-state index contributed by atoms with van der Waals surface area (Å²) in [6.45, 7) is 6.80. The maximum atomic E-state index is 12.4. The zero-order chi connectivity index (χ0) is 14.5. The van der Waals surface area contributed by atoms with Gasteiger partial charge < -0.3 is 10.6 Å². The normalized spacial score (nSPS) is 11.1. The van der Waals surface area contributed by atoms with Gasteiger partial charge in [-0.3, -0.25) is 9.78 Å². The average Bonchev–Trinajstić information content (AvgIpc) is 2.33. The molecule has 0 fully saturated rings.